The third-order valence-corrected chi connectivity index (χ3v) is 14.1. The Balaban J connectivity index is 0.856. The number of allylic oxidation sites excluding steroid dienone is 1. The van der Waals surface area contributed by atoms with Crippen LogP contribution in [0.2, 0.25) is 0 Å². The van der Waals surface area contributed by atoms with Gasteiger partial charge in [0, 0.05) is 36.8 Å². The largest absolute Gasteiger partial charge is 0.460 e. The van der Waals surface area contributed by atoms with Gasteiger partial charge in [-0.05, 0) is 107 Å². The van der Waals surface area contributed by atoms with Crippen LogP contribution in [-0.4, -0.2) is 101 Å². The first kappa shape index (κ1) is 41.8. The number of benzene rings is 2. The zero-order valence-electron chi connectivity index (χ0n) is 35.8. The van der Waals surface area contributed by atoms with Crippen LogP contribution in [0.3, 0.4) is 0 Å². The van der Waals surface area contributed by atoms with Gasteiger partial charge in [-0.2, -0.15) is 5.06 Å². The van der Waals surface area contributed by atoms with Gasteiger partial charge in [0.2, 0.25) is 5.91 Å². The first-order valence-electron chi connectivity index (χ1n) is 22.7. The van der Waals surface area contributed by atoms with Crippen LogP contribution in [0.15, 0.2) is 54.6 Å². The van der Waals surface area contributed by atoms with E-state index in [1.54, 1.807) is 44.0 Å². The Morgan fingerprint density at radius 2 is 1.71 bits per heavy atom. The molecule has 4 saturated heterocycles. The molecule has 0 aromatic heterocycles. The summed E-state index contributed by atoms with van der Waals surface area (Å²) in [6, 6.07) is 13.4. The Kier molecular flexibility index (Phi) is 10.9. The van der Waals surface area contributed by atoms with Crippen LogP contribution in [0.4, 0.5) is 0 Å². The van der Waals surface area contributed by atoms with Crippen molar-refractivity contribution >= 4 is 29.8 Å². The summed E-state index contributed by atoms with van der Waals surface area (Å²) in [5.41, 5.74) is 1.03. The lowest BCUT2D eigenvalue weighted by atomic mass is 9.62. The number of fused-ring (bicyclic) bond motifs is 5. The molecule has 4 heterocycles. The van der Waals surface area contributed by atoms with E-state index < -0.39 is 71.1 Å². The molecule has 2 aromatic carbocycles. The van der Waals surface area contributed by atoms with E-state index in [1.807, 2.05) is 18.2 Å². The number of hydrogen-bond donors (Lipinski definition) is 3. The number of carbonyl (C=O) groups is 4. The number of rotatable bonds is 15. The topological polar surface area (TPSA) is 174 Å². The van der Waals surface area contributed by atoms with Crippen LogP contribution in [0.5, 0.6) is 0 Å². The molecular weight excluding hydrogens is 795 g/mol. The molecule has 2 aromatic rings. The number of epoxide rings is 1. The third kappa shape index (κ3) is 8.11. The molecule has 62 heavy (non-hydrogen) atoms. The van der Waals surface area contributed by atoms with Gasteiger partial charge in [-0.15, -0.1) is 0 Å². The van der Waals surface area contributed by atoms with Gasteiger partial charge < -0.3 is 39.4 Å². The predicted octanol–water partition coefficient (Wildman–Crippen LogP) is 4.90. The van der Waals surface area contributed by atoms with E-state index in [4.69, 9.17) is 28.5 Å². The molecule has 8 aliphatic rings. The fourth-order valence-corrected chi connectivity index (χ4v) is 10.8. The van der Waals surface area contributed by atoms with Crippen molar-refractivity contribution in [2.75, 3.05) is 6.61 Å². The van der Waals surface area contributed by atoms with Gasteiger partial charge in [0.25, 0.3) is 5.91 Å². The highest BCUT2D eigenvalue weighted by Crippen LogP contribution is 2.64. The van der Waals surface area contributed by atoms with Crippen molar-refractivity contribution < 1.29 is 52.8 Å². The van der Waals surface area contributed by atoms with Crippen LogP contribution in [-0.2, 0) is 56.0 Å². The second kappa shape index (κ2) is 16.1. The number of hydrogen-bond acceptors (Lipinski definition) is 12. The molecule has 2 bridgehead atoms. The third-order valence-electron chi connectivity index (χ3n) is 14.1. The second-order valence-corrected chi connectivity index (χ2v) is 19.9. The zero-order chi connectivity index (χ0) is 43.0. The molecule has 10 rings (SSSR count). The van der Waals surface area contributed by atoms with Crippen LogP contribution in [0.1, 0.15) is 112 Å². The summed E-state index contributed by atoms with van der Waals surface area (Å²) in [7, 11) is 0. The zero-order valence-corrected chi connectivity index (χ0v) is 35.8. The van der Waals surface area contributed by atoms with Crippen molar-refractivity contribution in [1.29, 1.82) is 0 Å². The maximum absolute atomic E-state index is 15.0. The van der Waals surface area contributed by atoms with Gasteiger partial charge >= 0.3 is 11.9 Å². The molecule has 3 N–H and O–H groups in total. The van der Waals surface area contributed by atoms with E-state index in [0.717, 1.165) is 56.1 Å². The van der Waals surface area contributed by atoms with Crippen LogP contribution in [0, 0.1) is 23.2 Å². The van der Waals surface area contributed by atoms with E-state index in [0.29, 0.717) is 29.3 Å². The molecule has 4 aliphatic carbocycles. The molecule has 0 spiro atoms. The maximum atomic E-state index is 15.0. The van der Waals surface area contributed by atoms with E-state index >= 15 is 0 Å². The van der Waals surface area contributed by atoms with Crippen molar-refractivity contribution in [3.63, 3.8) is 0 Å². The first-order valence-corrected chi connectivity index (χ1v) is 22.7. The number of esters is 2. The summed E-state index contributed by atoms with van der Waals surface area (Å²) in [5, 5.41) is 17.5. The summed E-state index contributed by atoms with van der Waals surface area (Å²) in [5.74, 6) is -1.42. The summed E-state index contributed by atoms with van der Waals surface area (Å²) < 4.78 is 31.2. The summed E-state index contributed by atoms with van der Waals surface area (Å²) >= 11 is 0. The van der Waals surface area contributed by atoms with Gasteiger partial charge in [-0.25, -0.2) is 0 Å². The molecule has 0 radical (unpaired) electrons. The molecule has 14 nitrogen and oxygen atoms in total. The van der Waals surface area contributed by atoms with Gasteiger partial charge in [-0.3, -0.25) is 24.0 Å². The van der Waals surface area contributed by atoms with Crippen molar-refractivity contribution in [3.05, 3.63) is 76.9 Å². The molecule has 4 saturated carbocycles. The Morgan fingerprint density at radius 3 is 2.42 bits per heavy atom. The molecule has 14 heteroatoms. The number of aliphatic hydroxyl groups excluding tert-OH is 1. The van der Waals surface area contributed by atoms with Gasteiger partial charge in [0.15, 0.2) is 11.8 Å². The Bertz CT molecular complexity index is 2080. The monoisotopic (exact) mass is 853 g/mol. The Morgan fingerprint density at radius 1 is 0.952 bits per heavy atom. The second-order valence-electron chi connectivity index (χ2n) is 19.9. The minimum Gasteiger partial charge on any atom is -0.460 e. The highest BCUT2D eigenvalue weighted by molar-refractivity contribution is 5.95. The summed E-state index contributed by atoms with van der Waals surface area (Å²) in [6.07, 6.45) is 10.6. The quantitative estimate of drug-likeness (QED) is 0.164. The van der Waals surface area contributed by atoms with Gasteiger partial charge in [-0.1, -0.05) is 48.6 Å². The van der Waals surface area contributed by atoms with Gasteiger partial charge in [0.1, 0.15) is 35.4 Å². The Hall–Kier alpha value is -4.18. The number of nitrogens with zero attached hydrogens (tertiary/aromatic N) is 1. The highest BCUT2D eigenvalue weighted by atomic mass is 16.8. The molecule has 10 atom stereocenters. The molecule has 4 aliphatic heterocycles. The highest BCUT2D eigenvalue weighted by Gasteiger charge is 2.78. The summed E-state index contributed by atoms with van der Waals surface area (Å²) in [6.45, 7) is 5.32. The minimum atomic E-state index is -1.34. The number of carbonyl (C=O) groups excluding carboxylic acids is 4. The van der Waals surface area contributed by atoms with Crippen molar-refractivity contribution in [1.82, 2.24) is 15.7 Å². The summed E-state index contributed by atoms with van der Waals surface area (Å²) in [4.78, 5) is 61.6. The van der Waals surface area contributed by atoms with E-state index in [9.17, 15) is 24.3 Å². The number of amides is 2. The van der Waals surface area contributed by atoms with Crippen molar-refractivity contribution in [2.45, 2.75) is 158 Å². The normalized spacial score (nSPS) is 33.6. The number of nitrogens with one attached hydrogen (secondary N) is 2. The van der Waals surface area contributed by atoms with Crippen LogP contribution < -0.4 is 10.6 Å². The van der Waals surface area contributed by atoms with E-state index in [-0.39, 0.29) is 56.7 Å². The van der Waals surface area contributed by atoms with Crippen LogP contribution in [0.25, 0.3) is 6.08 Å². The SMILES string of the molecule is CC(C)(C)OC(=O)CC[C@@H](CO)NC(=O)c1cccc(CNC(=O)[C@@]23C[C@H]4OC(=O)[C@@H]2N(Cc2ccc(C=CC5CCC6OC6C5)cc2)O[C@@H]3[C@H]2OC(C3CC3)(C3CC3)O[C@H]24)c1. The van der Waals surface area contributed by atoms with Crippen molar-refractivity contribution in [2.24, 2.45) is 23.2 Å². The molecular formula is C48H59N3O11. The lowest BCUT2D eigenvalue weighted by Gasteiger charge is -2.48. The Labute approximate surface area is 362 Å². The van der Waals surface area contributed by atoms with E-state index in [1.165, 1.54) is 0 Å². The average Bonchev–Trinajstić information content (AvgIpc) is 4.16. The molecule has 2 amide bonds. The van der Waals surface area contributed by atoms with Crippen molar-refractivity contribution in [3.8, 4) is 0 Å². The lowest BCUT2D eigenvalue weighted by molar-refractivity contribution is -0.235. The molecule has 3 unspecified atom stereocenters. The number of hydroxylamine groups is 2. The first-order chi connectivity index (χ1) is 29.8. The smallest absolute Gasteiger partial charge is 0.327 e. The average molecular weight is 854 g/mol. The van der Waals surface area contributed by atoms with Gasteiger partial charge in [0.05, 0.1) is 31.4 Å². The lowest BCUT2D eigenvalue weighted by Crippen LogP contribution is -2.69. The predicted molar refractivity (Wildman–Crippen MR) is 222 cm³/mol. The molecule has 8 fully saturated rings. The standard InChI is InChI=1S/C48H59N3O11/c1-46(2,3)59-38(53)20-18-34(26-52)50-43(54)31-6-4-5-30(21-31)24-49-45(56)47-23-37-39-40(61-48(60-39,32-14-15-32)33-16-17-33)42(47)62-51(41(47)44(55)58-37)25-29-11-8-27(9-12-29)7-10-28-13-19-35-36(22-28)57-35/h4-12,21,28,32-37,39-42,52H,13-20,22-26H2,1-3H3,(H,49,56)(H,50,54)/t28?,34-,35?,36?,37+,39-,40-,41-,42+,47-/m0/s1. The molecule has 332 valence electrons. The fraction of sp³-hybridized carbons (Fsp3) is 0.625. The van der Waals surface area contributed by atoms with Crippen LogP contribution >= 0.6 is 0 Å². The van der Waals surface area contributed by atoms with E-state index in [2.05, 4.69) is 34.9 Å². The fourth-order valence-electron chi connectivity index (χ4n) is 10.8. The number of ether oxygens (including phenoxy) is 5. The number of aliphatic hydroxyl groups is 1. The minimum absolute atomic E-state index is 0.0383. The maximum Gasteiger partial charge on any atom is 0.327 e.